The molecule has 1 atom stereocenters. The normalized spacial score (nSPS) is 22.4. The van der Waals surface area contributed by atoms with Crippen molar-refractivity contribution in [2.45, 2.75) is 6.04 Å². The van der Waals surface area contributed by atoms with Crippen molar-refractivity contribution in [3.8, 4) is 0 Å². The van der Waals surface area contributed by atoms with Crippen molar-refractivity contribution in [2.75, 3.05) is 19.6 Å². The SMILES string of the molecule is Brc1csc([C@@H]2CNCCN2)c1.Cl. The van der Waals surface area contributed by atoms with E-state index in [2.05, 4.69) is 38.0 Å². The molecule has 0 aliphatic carbocycles. The highest BCUT2D eigenvalue weighted by Gasteiger charge is 2.15. The molecule has 2 heterocycles. The Kier molecular flexibility index (Phi) is 4.69. The van der Waals surface area contributed by atoms with E-state index in [9.17, 15) is 0 Å². The predicted octanol–water partition coefficient (Wildman–Crippen LogP) is 2.17. The highest BCUT2D eigenvalue weighted by molar-refractivity contribution is 9.10. The van der Waals surface area contributed by atoms with E-state index in [1.54, 1.807) is 11.3 Å². The highest BCUT2D eigenvalue weighted by atomic mass is 79.9. The van der Waals surface area contributed by atoms with Crippen molar-refractivity contribution in [1.29, 1.82) is 0 Å². The molecule has 1 aliphatic heterocycles. The van der Waals surface area contributed by atoms with Gasteiger partial charge < -0.3 is 10.6 Å². The second-order valence-electron chi connectivity index (χ2n) is 2.88. The molecule has 0 amide bonds. The lowest BCUT2D eigenvalue weighted by atomic mass is 10.2. The zero-order valence-electron chi connectivity index (χ0n) is 7.05. The molecule has 1 saturated heterocycles. The van der Waals surface area contributed by atoms with E-state index in [0.29, 0.717) is 6.04 Å². The topological polar surface area (TPSA) is 24.1 Å². The summed E-state index contributed by atoms with van der Waals surface area (Å²) in [5, 5.41) is 8.98. The summed E-state index contributed by atoms with van der Waals surface area (Å²) in [5.41, 5.74) is 0. The van der Waals surface area contributed by atoms with Crippen LogP contribution in [0, 0.1) is 0 Å². The Labute approximate surface area is 96.6 Å². The van der Waals surface area contributed by atoms with Gasteiger partial charge in [0.05, 0.1) is 6.04 Å². The number of piperazine rings is 1. The molecule has 0 aromatic carbocycles. The van der Waals surface area contributed by atoms with Crippen molar-refractivity contribution >= 4 is 39.7 Å². The maximum Gasteiger partial charge on any atom is 0.0542 e. The van der Waals surface area contributed by atoms with Crippen LogP contribution < -0.4 is 10.6 Å². The quantitative estimate of drug-likeness (QED) is 0.825. The molecule has 2 N–H and O–H groups in total. The number of hydrogen-bond donors (Lipinski definition) is 2. The molecule has 13 heavy (non-hydrogen) atoms. The Balaban J connectivity index is 0.000000845. The largest absolute Gasteiger partial charge is 0.314 e. The number of thiophene rings is 1. The lowest BCUT2D eigenvalue weighted by Crippen LogP contribution is -2.42. The van der Waals surface area contributed by atoms with Crippen molar-refractivity contribution in [1.82, 2.24) is 10.6 Å². The Hall–Kier alpha value is 0.390. The summed E-state index contributed by atoms with van der Waals surface area (Å²) in [5.74, 6) is 0. The van der Waals surface area contributed by atoms with Crippen molar-refractivity contribution in [3.63, 3.8) is 0 Å². The van der Waals surface area contributed by atoms with Gasteiger partial charge in [-0.3, -0.25) is 0 Å². The third kappa shape index (κ3) is 2.92. The first-order valence-corrected chi connectivity index (χ1v) is 5.71. The van der Waals surface area contributed by atoms with Gasteiger partial charge in [-0.25, -0.2) is 0 Å². The Morgan fingerprint density at radius 3 is 2.85 bits per heavy atom. The van der Waals surface area contributed by atoms with E-state index in [1.807, 2.05) is 0 Å². The summed E-state index contributed by atoms with van der Waals surface area (Å²) in [4.78, 5) is 1.41. The van der Waals surface area contributed by atoms with Gasteiger partial charge in [0.15, 0.2) is 0 Å². The number of nitrogens with one attached hydrogen (secondary N) is 2. The first-order valence-electron chi connectivity index (χ1n) is 4.04. The fraction of sp³-hybridized carbons (Fsp3) is 0.500. The molecule has 0 radical (unpaired) electrons. The van der Waals surface area contributed by atoms with E-state index in [0.717, 1.165) is 19.6 Å². The maximum absolute atomic E-state index is 3.48. The van der Waals surface area contributed by atoms with E-state index < -0.39 is 0 Å². The molecule has 2 nitrogen and oxygen atoms in total. The Morgan fingerprint density at radius 1 is 1.46 bits per heavy atom. The van der Waals surface area contributed by atoms with Crippen LogP contribution in [0.3, 0.4) is 0 Å². The predicted molar refractivity (Wildman–Crippen MR) is 62.9 cm³/mol. The molecule has 1 aliphatic rings. The van der Waals surface area contributed by atoms with Crippen molar-refractivity contribution in [3.05, 3.63) is 20.8 Å². The minimum absolute atomic E-state index is 0. The molecule has 5 heteroatoms. The molecule has 0 spiro atoms. The van der Waals surface area contributed by atoms with Crippen LogP contribution in [0.15, 0.2) is 15.9 Å². The minimum Gasteiger partial charge on any atom is -0.314 e. The number of halogens is 2. The second-order valence-corrected chi connectivity index (χ2v) is 4.74. The van der Waals surface area contributed by atoms with E-state index >= 15 is 0 Å². The van der Waals surface area contributed by atoms with E-state index in [1.165, 1.54) is 9.35 Å². The summed E-state index contributed by atoms with van der Waals surface area (Å²) in [6, 6.07) is 2.70. The summed E-state index contributed by atoms with van der Waals surface area (Å²) >= 11 is 5.27. The second kappa shape index (κ2) is 5.32. The van der Waals surface area contributed by atoms with Crippen molar-refractivity contribution in [2.24, 2.45) is 0 Å². The van der Waals surface area contributed by atoms with E-state index in [4.69, 9.17) is 0 Å². The number of hydrogen-bond acceptors (Lipinski definition) is 3. The van der Waals surface area contributed by atoms with Gasteiger partial charge in [0.25, 0.3) is 0 Å². The summed E-state index contributed by atoms with van der Waals surface area (Å²) in [7, 11) is 0. The summed E-state index contributed by atoms with van der Waals surface area (Å²) in [6.45, 7) is 3.20. The zero-order chi connectivity index (χ0) is 8.39. The molecular formula is C8H12BrClN2S. The van der Waals surface area contributed by atoms with Crippen LogP contribution in [-0.2, 0) is 0 Å². The standard InChI is InChI=1S/C8H11BrN2S.ClH/c9-6-3-8(12-5-6)7-4-10-1-2-11-7;/h3,5,7,10-11H,1-2,4H2;1H/t7-;/m0./s1. The van der Waals surface area contributed by atoms with E-state index in [-0.39, 0.29) is 12.4 Å². The third-order valence-corrected chi connectivity index (χ3v) is 3.78. The third-order valence-electron chi connectivity index (χ3n) is 1.97. The minimum atomic E-state index is 0. The molecule has 0 unspecified atom stereocenters. The first kappa shape index (κ1) is 11.5. The Morgan fingerprint density at radius 2 is 2.31 bits per heavy atom. The van der Waals surface area contributed by atoms with Crippen LogP contribution in [0.2, 0.25) is 0 Å². The van der Waals surface area contributed by atoms with Gasteiger partial charge in [0, 0.05) is 34.4 Å². The van der Waals surface area contributed by atoms with Gasteiger partial charge in [0.1, 0.15) is 0 Å². The van der Waals surface area contributed by atoms with Crippen LogP contribution in [-0.4, -0.2) is 19.6 Å². The smallest absolute Gasteiger partial charge is 0.0542 e. The lowest BCUT2D eigenvalue weighted by Gasteiger charge is -2.23. The molecule has 1 aromatic heterocycles. The summed E-state index contributed by atoms with van der Waals surface area (Å²) in [6.07, 6.45) is 0. The van der Waals surface area contributed by atoms with Gasteiger partial charge in [-0.1, -0.05) is 0 Å². The van der Waals surface area contributed by atoms with Gasteiger partial charge in [0.2, 0.25) is 0 Å². The van der Waals surface area contributed by atoms with Crippen LogP contribution >= 0.6 is 39.7 Å². The molecule has 2 rings (SSSR count). The molecule has 1 aromatic rings. The molecule has 0 saturated carbocycles. The first-order chi connectivity index (χ1) is 5.86. The highest BCUT2D eigenvalue weighted by Crippen LogP contribution is 2.25. The van der Waals surface area contributed by atoms with Gasteiger partial charge in [-0.05, 0) is 22.0 Å². The summed E-state index contributed by atoms with van der Waals surface area (Å²) < 4.78 is 1.19. The average molecular weight is 284 g/mol. The zero-order valence-corrected chi connectivity index (χ0v) is 10.3. The number of rotatable bonds is 1. The average Bonchev–Trinajstić information content (AvgIpc) is 2.54. The monoisotopic (exact) mass is 282 g/mol. The Bertz CT molecular complexity index is 260. The fourth-order valence-corrected chi connectivity index (χ4v) is 2.89. The van der Waals surface area contributed by atoms with Gasteiger partial charge in [-0.15, -0.1) is 23.7 Å². The van der Waals surface area contributed by atoms with Crippen LogP contribution in [0.1, 0.15) is 10.9 Å². The lowest BCUT2D eigenvalue weighted by molar-refractivity contribution is 0.435. The van der Waals surface area contributed by atoms with Gasteiger partial charge >= 0.3 is 0 Å². The van der Waals surface area contributed by atoms with Crippen LogP contribution in [0.5, 0.6) is 0 Å². The molecule has 0 bridgehead atoms. The molecule has 1 fully saturated rings. The maximum atomic E-state index is 3.48. The van der Waals surface area contributed by atoms with Crippen LogP contribution in [0.25, 0.3) is 0 Å². The molecule has 74 valence electrons. The molecular weight excluding hydrogens is 272 g/mol. The fourth-order valence-electron chi connectivity index (χ4n) is 1.37. The van der Waals surface area contributed by atoms with Crippen molar-refractivity contribution < 1.29 is 0 Å². The van der Waals surface area contributed by atoms with Crippen LogP contribution in [0.4, 0.5) is 0 Å². The van der Waals surface area contributed by atoms with Gasteiger partial charge in [-0.2, -0.15) is 0 Å².